The summed E-state index contributed by atoms with van der Waals surface area (Å²) in [7, 11) is 0. The molecule has 0 N–H and O–H groups in total. The van der Waals surface area contributed by atoms with Crippen molar-refractivity contribution < 1.29 is 8.78 Å². The molecule has 0 aliphatic heterocycles. The Bertz CT molecular complexity index is 866. The van der Waals surface area contributed by atoms with E-state index in [-0.39, 0.29) is 17.6 Å². The largest absolute Gasteiger partial charge is 0.207 e. The fourth-order valence-electron chi connectivity index (χ4n) is 5.69. The lowest BCUT2D eigenvalue weighted by Crippen LogP contribution is -2.29. The van der Waals surface area contributed by atoms with Gasteiger partial charge in [-0.25, -0.2) is 8.78 Å². The second-order valence-electron chi connectivity index (χ2n) is 9.19. The minimum atomic E-state index is -0.280. The predicted molar refractivity (Wildman–Crippen MR) is 114 cm³/mol. The van der Waals surface area contributed by atoms with E-state index in [0.717, 1.165) is 48.0 Å². The Morgan fingerprint density at radius 1 is 1.00 bits per heavy atom. The van der Waals surface area contributed by atoms with Crippen LogP contribution in [0.1, 0.15) is 75.8 Å². The molecule has 2 aliphatic carbocycles. The van der Waals surface area contributed by atoms with Crippen LogP contribution in [0, 0.1) is 29.4 Å². The monoisotopic (exact) mass is 382 g/mol. The first kappa shape index (κ1) is 19.6. The molecule has 150 valence electrons. The smallest absolute Gasteiger partial charge is 0.134 e. The van der Waals surface area contributed by atoms with Gasteiger partial charge in [-0.2, -0.15) is 0 Å². The third-order valence-electron chi connectivity index (χ3n) is 7.28. The van der Waals surface area contributed by atoms with E-state index in [2.05, 4.69) is 6.92 Å². The summed E-state index contributed by atoms with van der Waals surface area (Å²) in [6, 6.07) is 7.23. The summed E-state index contributed by atoms with van der Waals surface area (Å²) in [4.78, 5) is 0. The number of hydrogen-bond donors (Lipinski definition) is 0. The average Bonchev–Trinajstić information content (AvgIpc) is 2.69. The van der Waals surface area contributed by atoms with Crippen molar-refractivity contribution in [3.8, 4) is 0 Å². The standard InChI is InChI=1S/C26H32F2/c1-3-4-5-6-22-15-21-11-12-23(26(28)24(21)16-25(22)27)20-10-9-18-13-17(2)7-8-19(18)14-20/h3-4,11-12,15-20H,5-10,13-14H2,1-2H3/b4-3+/t17?,18-,19?,20-/m1/s1. The molecule has 0 saturated heterocycles. The molecule has 0 heterocycles. The van der Waals surface area contributed by atoms with Crippen molar-refractivity contribution in [2.45, 2.75) is 71.1 Å². The Kier molecular flexibility index (Phi) is 5.85. The summed E-state index contributed by atoms with van der Waals surface area (Å²) in [6.07, 6.45) is 12.8. The van der Waals surface area contributed by atoms with Gasteiger partial charge in [0.15, 0.2) is 0 Å². The maximum absolute atomic E-state index is 15.4. The van der Waals surface area contributed by atoms with Crippen molar-refractivity contribution in [2.24, 2.45) is 17.8 Å². The minimum Gasteiger partial charge on any atom is -0.207 e. The summed E-state index contributed by atoms with van der Waals surface area (Å²) in [5.74, 6) is 2.25. The van der Waals surface area contributed by atoms with Gasteiger partial charge in [-0.15, -0.1) is 0 Å². The van der Waals surface area contributed by atoms with Gasteiger partial charge in [-0.05, 0) is 104 Å². The van der Waals surface area contributed by atoms with Crippen molar-refractivity contribution in [3.63, 3.8) is 0 Å². The topological polar surface area (TPSA) is 0 Å². The third kappa shape index (κ3) is 3.88. The Balaban J connectivity index is 1.58. The van der Waals surface area contributed by atoms with Gasteiger partial charge in [0.05, 0.1) is 0 Å². The van der Waals surface area contributed by atoms with E-state index in [1.807, 2.05) is 37.3 Å². The van der Waals surface area contributed by atoms with Gasteiger partial charge >= 0.3 is 0 Å². The molecule has 2 unspecified atom stereocenters. The van der Waals surface area contributed by atoms with Crippen molar-refractivity contribution in [3.05, 3.63) is 59.2 Å². The van der Waals surface area contributed by atoms with E-state index in [0.29, 0.717) is 17.4 Å². The summed E-state index contributed by atoms with van der Waals surface area (Å²) in [5.41, 5.74) is 1.49. The van der Waals surface area contributed by atoms with Crippen molar-refractivity contribution in [1.82, 2.24) is 0 Å². The lowest BCUT2D eigenvalue weighted by Gasteiger charge is -2.41. The number of rotatable bonds is 4. The molecular formula is C26H32F2. The zero-order valence-corrected chi connectivity index (χ0v) is 17.2. The molecule has 2 aromatic carbocycles. The van der Waals surface area contributed by atoms with Crippen LogP contribution in [0.5, 0.6) is 0 Å². The molecule has 0 spiro atoms. The molecule has 2 saturated carbocycles. The quantitative estimate of drug-likeness (QED) is 0.471. The molecule has 2 fully saturated rings. The van der Waals surface area contributed by atoms with Crippen molar-refractivity contribution in [2.75, 3.05) is 0 Å². The molecule has 0 nitrogen and oxygen atoms in total. The molecule has 4 rings (SSSR count). The first-order valence-corrected chi connectivity index (χ1v) is 11.1. The molecule has 2 aliphatic rings. The Hall–Kier alpha value is -1.70. The van der Waals surface area contributed by atoms with Gasteiger partial charge in [0.2, 0.25) is 0 Å². The molecular weight excluding hydrogens is 350 g/mol. The molecule has 0 aromatic heterocycles. The zero-order valence-electron chi connectivity index (χ0n) is 17.2. The normalized spacial score (nSPS) is 28.0. The molecule has 28 heavy (non-hydrogen) atoms. The fraction of sp³-hybridized carbons (Fsp3) is 0.538. The van der Waals surface area contributed by atoms with E-state index in [9.17, 15) is 4.39 Å². The summed E-state index contributed by atoms with van der Waals surface area (Å²) < 4.78 is 29.9. The highest BCUT2D eigenvalue weighted by Crippen LogP contribution is 2.48. The SMILES string of the molecule is C/C=C/CCc1cc2ccc([C@@H]3CC[C@@H]4CC(C)CCC4C3)c(F)c2cc1F. The van der Waals surface area contributed by atoms with E-state index < -0.39 is 0 Å². The lowest BCUT2D eigenvalue weighted by molar-refractivity contribution is 0.124. The molecule has 0 bridgehead atoms. The Morgan fingerprint density at radius 2 is 1.79 bits per heavy atom. The van der Waals surface area contributed by atoms with Gasteiger partial charge in [-0.1, -0.05) is 37.6 Å². The molecule has 2 heteroatoms. The van der Waals surface area contributed by atoms with E-state index in [1.165, 1.54) is 31.7 Å². The van der Waals surface area contributed by atoms with E-state index in [4.69, 9.17) is 0 Å². The van der Waals surface area contributed by atoms with Crippen LogP contribution in [-0.2, 0) is 6.42 Å². The highest BCUT2D eigenvalue weighted by Gasteiger charge is 2.35. The third-order valence-corrected chi connectivity index (χ3v) is 7.28. The van der Waals surface area contributed by atoms with Crippen LogP contribution >= 0.6 is 0 Å². The summed E-state index contributed by atoms with van der Waals surface area (Å²) >= 11 is 0. The number of aryl methyl sites for hydroxylation is 1. The molecule has 0 amide bonds. The van der Waals surface area contributed by atoms with Crippen molar-refractivity contribution in [1.29, 1.82) is 0 Å². The first-order chi connectivity index (χ1) is 13.6. The zero-order chi connectivity index (χ0) is 19.7. The highest BCUT2D eigenvalue weighted by atomic mass is 19.1. The van der Waals surface area contributed by atoms with Crippen LogP contribution in [0.2, 0.25) is 0 Å². The second-order valence-corrected chi connectivity index (χ2v) is 9.19. The molecule has 0 radical (unpaired) electrons. The highest BCUT2D eigenvalue weighted by molar-refractivity contribution is 5.85. The van der Waals surface area contributed by atoms with Crippen LogP contribution in [-0.4, -0.2) is 0 Å². The van der Waals surface area contributed by atoms with Crippen LogP contribution in [0.25, 0.3) is 10.8 Å². The van der Waals surface area contributed by atoms with Gasteiger partial charge < -0.3 is 0 Å². The minimum absolute atomic E-state index is 0.191. The summed E-state index contributed by atoms with van der Waals surface area (Å²) in [6.45, 7) is 4.33. The number of halogens is 2. The Morgan fingerprint density at radius 3 is 2.61 bits per heavy atom. The van der Waals surface area contributed by atoms with E-state index in [1.54, 1.807) is 0 Å². The van der Waals surface area contributed by atoms with Crippen LogP contribution in [0.4, 0.5) is 8.78 Å². The van der Waals surface area contributed by atoms with Gasteiger partial charge in [-0.3, -0.25) is 0 Å². The first-order valence-electron chi connectivity index (χ1n) is 11.1. The van der Waals surface area contributed by atoms with Crippen LogP contribution in [0.15, 0.2) is 36.4 Å². The maximum atomic E-state index is 15.4. The average molecular weight is 383 g/mol. The van der Waals surface area contributed by atoms with Crippen LogP contribution in [0.3, 0.4) is 0 Å². The van der Waals surface area contributed by atoms with Gasteiger partial charge in [0.1, 0.15) is 11.6 Å². The van der Waals surface area contributed by atoms with Crippen LogP contribution < -0.4 is 0 Å². The maximum Gasteiger partial charge on any atom is 0.134 e. The van der Waals surface area contributed by atoms with Gasteiger partial charge in [0.25, 0.3) is 0 Å². The number of allylic oxidation sites excluding steroid dienone is 2. The van der Waals surface area contributed by atoms with Gasteiger partial charge in [0, 0.05) is 5.39 Å². The predicted octanol–water partition coefficient (Wildman–Crippen LogP) is 7.95. The number of fused-ring (bicyclic) bond motifs is 2. The second kappa shape index (κ2) is 8.35. The van der Waals surface area contributed by atoms with Crippen molar-refractivity contribution >= 4 is 10.8 Å². The Labute approximate surface area is 168 Å². The number of hydrogen-bond acceptors (Lipinski definition) is 0. The van der Waals surface area contributed by atoms with E-state index >= 15 is 4.39 Å². The fourth-order valence-corrected chi connectivity index (χ4v) is 5.69. The molecule has 4 atom stereocenters. The molecule has 2 aromatic rings. The lowest BCUT2D eigenvalue weighted by atomic mass is 9.64. The number of benzene rings is 2. The summed E-state index contributed by atoms with van der Waals surface area (Å²) in [5, 5.41) is 1.27.